The van der Waals surface area contributed by atoms with Gasteiger partial charge in [-0.1, -0.05) is 18.2 Å². The number of rotatable bonds is 3. The molecule has 2 heterocycles. The van der Waals surface area contributed by atoms with Crippen LogP contribution < -0.4 is 0 Å². The molecule has 3 heteroatoms. The van der Waals surface area contributed by atoms with E-state index in [-0.39, 0.29) is 6.61 Å². The number of aliphatic hydroxyl groups is 1. The molecule has 0 fully saturated rings. The van der Waals surface area contributed by atoms with Crippen molar-refractivity contribution in [1.82, 2.24) is 9.55 Å². The van der Waals surface area contributed by atoms with Crippen LogP contribution in [-0.2, 0) is 6.42 Å². The molecule has 0 saturated heterocycles. The largest absolute Gasteiger partial charge is 0.396 e. The van der Waals surface area contributed by atoms with E-state index in [1.54, 1.807) is 0 Å². The topological polar surface area (TPSA) is 38.0 Å². The van der Waals surface area contributed by atoms with Gasteiger partial charge in [0.05, 0.1) is 11.0 Å². The maximum atomic E-state index is 9.21. The lowest BCUT2D eigenvalue weighted by molar-refractivity contribution is 0.300. The monoisotopic (exact) mass is 288 g/mol. The summed E-state index contributed by atoms with van der Waals surface area (Å²) in [5, 5.41) is 11.5. The summed E-state index contributed by atoms with van der Waals surface area (Å²) in [7, 11) is 0. The molecule has 4 aromatic rings. The van der Waals surface area contributed by atoms with Crippen molar-refractivity contribution in [3.8, 4) is 5.69 Å². The Morgan fingerprint density at radius 1 is 1.00 bits per heavy atom. The zero-order valence-electron chi connectivity index (χ0n) is 12.1. The Hall–Kier alpha value is -2.65. The first kappa shape index (κ1) is 13.0. The third-order valence-electron chi connectivity index (χ3n) is 4.07. The Labute approximate surface area is 128 Å². The van der Waals surface area contributed by atoms with Gasteiger partial charge < -0.3 is 9.67 Å². The third kappa shape index (κ3) is 2.07. The first-order chi connectivity index (χ1) is 10.9. The molecule has 0 unspecified atom stereocenters. The smallest absolute Gasteiger partial charge is 0.0703 e. The summed E-state index contributed by atoms with van der Waals surface area (Å²) >= 11 is 0. The summed E-state index contributed by atoms with van der Waals surface area (Å²) < 4.78 is 2.18. The summed E-state index contributed by atoms with van der Waals surface area (Å²) in [6.45, 7) is 0.173. The van der Waals surface area contributed by atoms with Crippen LogP contribution >= 0.6 is 0 Å². The second kappa shape index (κ2) is 5.28. The van der Waals surface area contributed by atoms with Gasteiger partial charge in [-0.05, 0) is 48.4 Å². The molecule has 0 atom stereocenters. The molecule has 1 N–H and O–H groups in total. The first-order valence-electron chi connectivity index (χ1n) is 7.42. The van der Waals surface area contributed by atoms with E-state index in [4.69, 9.17) is 0 Å². The minimum Gasteiger partial charge on any atom is -0.396 e. The highest BCUT2D eigenvalue weighted by Gasteiger charge is 2.07. The Bertz CT molecular complexity index is 956. The normalized spacial score (nSPS) is 11.3. The molecular weight excluding hydrogens is 272 g/mol. The van der Waals surface area contributed by atoms with Crippen LogP contribution in [0.2, 0.25) is 0 Å². The molecule has 0 aliphatic heterocycles. The molecule has 0 saturated carbocycles. The number of benzene rings is 2. The quantitative estimate of drug-likeness (QED) is 0.624. The zero-order chi connectivity index (χ0) is 14.9. The Kier molecular flexibility index (Phi) is 3.13. The molecule has 0 amide bonds. The van der Waals surface area contributed by atoms with Gasteiger partial charge in [0, 0.05) is 35.5 Å². The van der Waals surface area contributed by atoms with Crippen LogP contribution in [0.15, 0.2) is 67.0 Å². The van der Waals surface area contributed by atoms with Gasteiger partial charge in [-0.15, -0.1) is 0 Å². The van der Waals surface area contributed by atoms with Gasteiger partial charge in [0.15, 0.2) is 0 Å². The lowest BCUT2D eigenvalue weighted by Crippen LogP contribution is -1.94. The van der Waals surface area contributed by atoms with Crippen LogP contribution in [0.5, 0.6) is 0 Å². The van der Waals surface area contributed by atoms with Gasteiger partial charge in [-0.3, -0.25) is 4.98 Å². The first-order valence-corrected chi connectivity index (χ1v) is 7.42. The average molecular weight is 288 g/mol. The molecule has 0 aliphatic rings. The lowest BCUT2D eigenvalue weighted by Gasteiger charge is -2.08. The second-order valence-electron chi connectivity index (χ2n) is 5.39. The molecule has 0 spiro atoms. The molecule has 0 bridgehead atoms. The van der Waals surface area contributed by atoms with E-state index in [0.717, 1.165) is 22.1 Å². The van der Waals surface area contributed by atoms with E-state index in [1.807, 2.05) is 24.4 Å². The van der Waals surface area contributed by atoms with Crippen molar-refractivity contribution in [1.29, 1.82) is 0 Å². The Morgan fingerprint density at radius 2 is 1.95 bits per heavy atom. The zero-order valence-corrected chi connectivity index (χ0v) is 12.1. The summed E-state index contributed by atoms with van der Waals surface area (Å²) in [4.78, 5) is 4.37. The van der Waals surface area contributed by atoms with Crippen LogP contribution in [0.25, 0.3) is 27.5 Å². The summed E-state index contributed by atoms with van der Waals surface area (Å²) in [5.41, 5.74) is 4.47. The van der Waals surface area contributed by atoms with Crippen molar-refractivity contribution in [2.75, 3.05) is 6.61 Å². The molecular formula is C19H16N2O. The number of pyridine rings is 1. The van der Waals surface area contributed by atoms with Gasteiger partial charge in [-0.25, -0.2) is 0 Å². The van der Waals surface area contributed by atoms with Crippen molar-refractivity contribution in [3.63, 3.8) is 0 Å². The van der Waals surface area contributed by atoms with Crippen LogP contribution in [-0.4, -0.2) is 21.3 Å². The number of hydrogen-bond donors (Lipinski definition) is 1. The van der Waals surface area contributed by atoms with Gasteiger partial charge >= 0.3 is 0 Å². The van der Waals surface area contributed by atoms with E-state index in [2.05, 4.69) is 52.1 Å². The predicted molar refractivity (Wildman–Crippen MR) is 89.4 cm³/mol. The van der Waals surface area contributed by atoms with Gasteiger partial charge in [0.1, 0.15) is 0 Å². The maximum Gasteiger partial charge on any atom is 0.0703 e. The van der Waals surface area contributed by atoms with E-state index < -0.39 is 0 Å². The highest BCUT2D eigenvalue weighted by atomic mass is 16.2. The minimum absolute atomic E-state index is 0.173. The summed E-state index contributed by atoms with van der Waals surface area (Å²) in [5.74, 6) is 0. The Balaban J connectivity index is 1.90. The van der Waals surface area contributed by atoms with Crippen molar-refractivity contribution in [2.45, 2.75) is 6.42 Å². The molecule has 3 nitrogen and oxygen atoms in total. The van der Waals surface area contributed by atoms with Crippen LogP contribution in [0, 0.1) is 0 Å². The van der Waals surface area contributed by atoms with Crippen LogP contribution in [0.1, 0.15) is 5.56 Å². The van der Waals surface area contributed by atoms with Crippen molar-refractivity contribution < 1.29 is 5.11 Å². The van der Waals surface area contributed by atoms with E-state index in [1.165, 1.54) is 10.9 Å². The molecule has 0 radical (unpaired) electrons. The van der Waals surface area contributed by atoms with Gasteiger partial charge in [0.2, 0.25) is 0 Å². The average Bonchev–Trinajstić information content (AvgIpc) is 3.00. The van der Waals surface area contributed by atoms with E-state index in [9.17, 15) is 5.11 Å². The molecule has 108 valence electrons. The fourth-order valence-electron chi connectivity index (χ4n) is 3.01. The number of aliphatic hydroxyl groups excluding tert-OH is 1. The fourth-order valence-corrected chi connectivity index (χ4v) is 3.01. The second-order valence-corrected chi connectivity index (χ2v) is 5.39. The molecule has 4 rings (SSSR count). The standard InChI is InChI=1S/C19H16N2O/c22-12-9-14-3-1-5-19-17(14)8-11-21(19)16-6-7-18-15(13-16)4-2-10-20-18/h1-8,10-11,13,22H,9,12H2. The number of nitrogens with zero attached hydrogens (tertiary/aromatic N) is 2. The lowest BCUT2D eigenvalue weighted by atomic mass is 10.1. The van der Waals surface area contributed by atoms with Gasteiger partial charge in [-0.2, -0.15) is 0 Å². The highest BCUT2D eigenvalue weighted by Crippen LogP contribution is 2.25. The number of aromatic nitrogens is 2. The van der Waals surface area contributed by atoms with Crippen LogP contribution in [0.4, 0.5) is 0 Å². The molecule has 2 aromatic heterocycles. The summed E-state index contributed by atoms with van der Waals surface area (Å²) in [6.07, 6.45) is 4.58. The van der Waals surface area contributed by atoms with Gasteiger partial charge in [0.25, 0.3) is 0 Å². The van der Waals surface area contributed by atoms with Crippen LogP contribution in [0.3, 0.4) is 0 Å². The van der Waals surface area contributed by atoms with Crippen molar-refractivity contribution >= 4 is 21.8 Å². The summed E-state index contributed by atoms with van der Waals surface area (Å²) in [6, 6.07) is 18.7. The highest BCUT2D eigenvalue weighted by molar-refractivity contribution is 5.87. The van der Waals surface area contributed by atoms with E-state index >= 15 is 0 Å². The predicted octanol–water partition coefficient (Wildman–Crippen LogP) is 3.71. The minimum atomic E-state index is 0.173. The molecule has 0 aliphatic carbocycles. The molecule has 22 heavy (non-hydrogen) atoms. The Morgan fingerprint density at radius 3 is 2.86 bits per heavy atom. The maximum absolute atomic E-state index is 9.21. The SMILES string of the molecule is OCCc1cccc2c1ccn2-c1ccc2ncccc2c1. The van der Waals surface area contributed by atoms with Crippen molar-refractivity contribution in [2.24, 2.45) is 0 Å². The number of fused-ring (bicyclic) bond motifs is 2. The van der Waals surface area contributed by atoms with Crippen molar-refractivity contribution in [3.05, 3.63) is 72.6 Å². The number of hydrogen-bond acceptors (Lipinski definition) is 2. The fraction of sp³-hybridized carbons (Fsp3) is 0.105. The van der Waals surface area contributed by atoms with E-state index in [0.29, 0.717) is 6.42 Å². The third-order valence-corrected chi connectivity index (χ3v) is 4.07. The molecule has 2 aromatic carbocycles.